The van der Waals surface area contributed by atoms with Crippen LogP contribution in [0.15, 0.2) is 0 Å². The molecular weight excluding hydrogens is 591 g/mol. The van der Waals surface area contributed by atoms with Crippen molar-refractivity contribution in [1.82, 2.24) is 0 Å². The predicted octanol–water partition coefficient (Wildman–Crippen LogP) is 0.779. The van der Waals surface area contributed by atoms with E-state index >= 15 is 0 Å². The summed E-state index contributed by atoms with van der Waals surface area (Å²) >= 11 is 2.82. The van der Waals surface area contributed by atoms with Gasteiger partial charge in [-0.3, -0.25) is 0 Å². The van der Waals surface area contributed by atoms with Crippen molar-refractivity contribution in [2.24, 2.45) is 0 Å². The summed E-state index contributed by atoms with van der Waals surface area (Å²) in [6, 6.07) is 0. The highest BCUT2D eigenvalue weighted by Gasteiger charge is 2.21. The van der Waals surface area contributed by atoms with Crippen molar-refractivity contribution in [1.29, 1.82) is 0 Å². The average molecular weight is 603 g/mol. The Morgan fingerprint density at radius 2 is 0.833 bits per heavy atom. The first kappa shape index (κ1) is 21.4. The second-order valence-electron chi connectivity index (χ2n) is 4.57. The van der Waals surface area contributed by atoms with Gasteiger partial charge in [0.25, 0.3) is 0 Å². The fraction of sp³-hybridized carbons (Fsp3) is 0.400. The lowest BCUT2D eigenvalue weighted by Crippen LogP contribution is -3.00. The highest BCUT2D eigenvalue weighted by atomic mass is 127. The number of nitrogens with zero attached hydrogens (tertiary/aromatic N) is 1. The van der Waals surface area contributed by atoms with Gasteiger partial charge in [-0.1, -0.05) is 0 Å². The second kappa shape index (κ2) is 8.39. The molecule has 0 aliphatic rings. The summed E-state index contributed by atoms with van der Waals surface area (Å²) < 4.78 is 50.7. The number of benzene rings is 1. The quantitative estimate of drug-likeness (QED) is 0.136. The van der Waals surface area contributed by atoms with Gasteiger partial charge in [-0.15, -0.1) is 0 Å². The Kier molecular flexibility index (Phi) is 9.97. The first-order valence-corrected chi connectivity index (χ1v) is 6.58. The summed E-state index contributed by atoms with van der Waals surface area (Å²) in [5.74, 6) is -6.23. The van der Waals surface area contributed by atoms with E-state index in [0.717, 1.165) is 4.48 Å². The lowest BCUT2D eigenvalue weighted by molar-refractivity contribution is -0.849. The SMILES string of the molecule is C[N+](C)(C)C.Fc1c(F)c(F)c(I)c(I)c1F.[I-]. The smallest absolute Gasteiger partial charge is 0.198 e. The maximum absolute atomic E-state index is 12.6. The Morgan fingerprint density at radius 3 is 1.00 bits per heavy atom. The molecule has 1 nitrogen and oxygen atoms in total. The number of quaternary nitrogens is 1. The molecule has 0 aliphatic heterocycles. The molecule has 0 spiro atoms. The number of halogens is 7. The van der Waals surface area contributed by atoms with Crippen molar-refractivity contribution in [2.45, 2.75) is 0 Å². The van der Waals surface area contributed by atoms with E-state index in [1.165, 1.54) is 45.2 Å². The third-order valence-electron chi connectivity index (χ3n) is 1.16. The van der Waals surface area contributed by atoms with Gasteiger partial charge in [0.2, 0.25) is 0 Å². The van der Waals surface area contributed by atoms with Crippen molar-refractivity contribution in [3.63, 3.8) is 0 Å². The molecule has 0 aromatic heterocycles. The van der Waals surface area contributed by atoms with Gasteiger partial charge in [-0.25, -0.2) is 17.6 Å². The molecule has 0 bridgehead atoms. The summed E-state index contributed by atoms with van der Waals surface area (Å²) in [6.07, 6.45) is 0. The summed E-state index contributed by atoms with van der Waals surface area (Å²) in [6.45, 7) is 0. The van der Waals surface area contributed by atoms with E-state index < -0.39 is 23.3 Å². The van der Waals surface area contributed by atoms with E-state index in [9.17, 15) is 17.6 Å². The lowest BCUT2D eigenvalue weighted by Gasteiger charge is -2.14. The molecular formula is C10H12F4I3N. The zero-order valence-corrected chi connectivity index (χ0v) is 16.6. The largest absolute Gasteiger partial charge is 1.00 e. The molecule has 0 amide bonds. The lowest BCUT2D eigenvalue weighted by atomic mass is 10.3. The van der Waals surface area contributed by atoms with E-state index in [4.69, 9.17) is 0 Å². The van der Waals surface area contributed by atoms with Crippen LogP contribution in [-0.4, -0.2) is 32.7 Å². The molecule has 1 rings (SSSR count). The van der Waals surface area contributed by atoms with Crippen LogP contribution in [0.1, 0.15) is 0 Å². The number of hydrogen-bond acceptors (Lipinski definition) is 0. The van der Waals surface area contributed by atoms with Gasteiger partial charge >= 0.3 is 0 Å². The minimum Gasteiger partial charge on any atom is -1.00 e. The zero-order valence-electron chi connectivity index (χ0n) is 10.1. The summed E-state index contributed by atoms with van der Waals surface area (Å²) in [4.78, 5) is 0. The zero-order chi connectivity index (χ0) is 14.0. The molecule has 0 N–H and O–H groups in total. The van der Waals surface area contributed by atoms with Crippen LogP contribution in [0, 0.1) is 30.4 Å². The van der Waals surface area contributed by atoms with Crippen LogP contribution >= 0.6 is 45.2 Å². The van der Waals surface area contributed by atoms with Gasteiger partial charge in [0.1, 0.15) is 0 Å². The summed E-state index contributed by atoms with van der Waals surface area (Å²) in [7, 11) is 8.50. The first-order chi connectivity index (χ1) is 7.46. The van der Waals surface area contributed by atoms with Gasteiger partial charge in [-0.2, -0.15) is 0 Å². The van der Waals surface area contributed by atoms with Crippen molar-refractivity contribution < 1.29 is 46.0 Å². The molecule has 0 fully saturated rings. The Bertz CT molecular complexity index is 308. The Hall–Kier alpha value is 1.09. The third kappa shape index (κ3) is 7.03. The Morgan fingerprint density at radius 1 is 0.667 bits per heavy atom. The van der Waals surface area contributed by atoms with Gasteiger partial charge in [0, 0.05) is 0 Å². The minimum atomic E-state index is -1.77. The average Bonchev–Trinajstić information content (AvgIpc) is 2.18. The molecule has 0 saturated carbocycles. The molecule has 0 unspecified atom stereocenters. The van der Waals surface area contributed by atoms with Crippen LogP contribution in [0.4, 0.5) is 17.6 Å². The molecule has 0 aliphatic carbocycles. The van der Waals surface area contributed by atoms with Gasteiger partial charge in [0.05, 0.1) is 35.3 Å². The normalized spacial score (nSPS) is 10.3. The highest BCUT2D eigenvalue weighted by Crippen LogP contribution is 2.26. The predicted molar refractivity (Wildman–Crippen MR) is 75.7 cm³/mol. The standard InChI is InChI=1S/C6F4I2.C4H12N.HI/c7-1-2(8)4(10)6(12)5(11)3(1)9;1-5(2,3)4;/h;1-4H3;1H/q;+1;/p-1. The molecule has 0 heterocycles. The molecule has 8 heteroatoms. The number of rotatable bonds is 0. The topological polar surface area (TPSA) is 0 Å². The van der Waals surface area contributed by atoms with Crippen LogP contribution in [-0.2, 0) is 0 Å². The molecule has 0 radical (unpaired) electrons. The van der Waals surface area contributed by atoms with Crippen molar-refractivity contribution >= 4 is 45.2 Å². The highest BCUT2D eigenvalue weighted by molar-refractivity contribution is 14.1. The van der Waals surface area contributed by atoms with Crippen LogP contribution < -0.4 is 24.0 Å². The van der Waals surface area contributed by atoms with E-state index in [0.29, 0.717) is 0 Å². The molecule has 0 saturated heterocycles. The fourth-order valence-electron chi connectivity index (χ4n) is 0.578. The van der Waals surface area contributed by atoms with Crippen molar-refractivity contribution in [2.75, 3.05) is 28.2 Å². The van der Waals surface area contributed by atoms with E-state index in [2.05, 4.69) is 28.2 Å². The molecule has 1 aromatic rings. The first-order valence-electron chi connectivity index (χ1n) is 4.42. The van der Waals surface area contributed by atoms with Gasteiger partial charge in [-0.05, 0) is 45.2 Å². The Labute approximate surface area is 148 Å². The van der Waals surface area contributed by atoms with E-state index in [-0.39, 0.29) is 31.1 Å². The van der Waals surface area contributed by atoms with Gasteiger partial charge in [0.15, 0.2) is 23.3 Å². The fourth-order valence-corrected chi connectivity index (χ4v) is 1.53. The summed E-state index contributed by atoms with van der Waals surface area (Å²) in [5, 5.41) is 0. The Balaban J connectivity index is 0. The van der Waals surface area contributed by atoms with E-state index in [1.807, 2.05) is 0 Å². The van der Waals surface area contributed by atoms with Crippen LogP contribution in [0.2, 0.25) is 0 Å². The number of hydrogen-bond donors (Lipinski definition) is 0. The maximum Gasteiger partial charge on any atom is 0.198 e. The second-order valence-corrected chi connectivity index (χ2v) is 6.72. The summed E-state index contributed by atoms with van der Waals surface area (Å²) in [5.41, 5.74) is 0. The van der Waals surface area contributed by atoms with Crippen LogP contribution in [0.3, 0.4) is 0 Å². The van der Waals surface area contributed by atoms with Gasteiger partial charge < -0.3 is 28.5 Å². The third-order valence-corrected chi connectivity index (χ3v) is 4.21. The molecule has 1 aromatic carbocycles. The molecule has 18 heavy (non-hydrogen) atoms. The van der Waals surface area contributed by atoms with Crippen LogP contribution in [0.25, 0.3) is 0 Å². The monoisotopic (exact) mass is 603 g/mol. The maximum atomic E-state index is 12.6. The van der Waals surface area contributed by atoms with E-state index in [1.54, 1.807) is 0 Å². The van der Waals surface area contributed by atoms with Crippen molar-refractivity contribution in [3.8, 4) is 0 Å². The van der Waals surface area contributed by atoms with Crippen LogP contribution in [0.5, 0.6) is 0 Å². The minimum absolute atomic E-state index is 0. The van der Waals surface area contributed by atoms with Crippen molar-refractivity contribution in [3.05, 3.63) is 30.4 Å². The molecule has 106 valence electrons. The molecule has 0 atom stereocenters.